The fraction of sp³-hybridized carbons (Fsp3) is 0.615. The van der Waals surface area contributed by atoms with Crippen LogP contribution in [-0.2, 0) is 24.2 Å². The van der Waals surface area contributed by atoms with E-state index in [4.69, 9.17) is 10.5 Å². The zero-order valence-corrected chi connectivity index (χ0v) is 11.0. The van der Waals surface area contributed by atoms with Crippen LogP contribution < -0.4 is 5.73 Å². The van der Waals surface area contributed by atoms with Crippen molar-refractivity contribution in [1.82, 2.24) is 4.98 Å². The van der Waals surface area contributed by atoms with E-state index in [2.05, 4.69) is 36.0 Å². The summed E-state index contributed by atoms with van der Waals surface area (Å²) in [5.74, 6) is 0.704. The molecule has 3 heterocycles. The number of aryl methyl sites for hydroxylation is 1. The highest BCUT2D eigenvalue weighted by atomic mass is 16.5. The summed E-state index contributed by atoms with van der Waals surface area (Å²) in [5.41, 5.74) is 10.4. The zero-order valence-electron chi connectivity index (χ0n) is 11.0. The minimum absolute atomic E-state index is 0.157. The van der Waals surface area contributed by atoms with Crippen molar-refractivity contribution in [3.63, 3.8) is 0 Å². The van der Waals surface area contributed by atoms with E-state index in [0.717, 1.165) is 24.1 Å². The number of ether oxygens (including phenoxy) is 1. The van der Waals surface area contributed by atoms with Crippen molar-refractivity contribution in [2.24, 2.45) is 16.0 Å². The standard InChI is InChI=1S/C13H18N4O/c1-4-9-8-6-18-13(2,3)5-7(8)10-11(14)16-17-12(10)15-9/h11H,4-6,14H2,1-3H3. The van der Waals surface area contributed by atoms with Gasteiger partial charge >= 0.3 is 0 Å². The first-order valence-corrected chi connectivity index (χ1v) is 6.37. The molecule has 1 aromatic heterocycles. The Morgan fingerprint density at radius 1 is 1.39 bits per heavy atom. The summed E-state index contributed by atoms with van der Waals surface area (Å²) < 4.78 is 5.89. The van der Waals surface area contributed by atoms with Crippen LogP contribution in [0, 0.1) is 0 Å². The Morgan fingerprint density at radius 3 is 2.89 bits per heavy atom. The number of pyridine rings is 1. The van der Waals surface area contributed by atoms with Crippen molar-refractivity contribution in [2.45, 2.75) is 52.0 Å². The van der Waals surface area contributed by atoms with Crippen LogP contribution in [0.4, 0.5) is 5.82 Å². The van der Waals surface area contributed by atoms with Gasteiger partial charge in [-0.1, -0.05) is 6.92 Å². The predicted molar refractivity (Wildman–Crippen MR) is 67.6 cm³/mol. The van der Waals surface area contributed by atoms with E-state index in [1.54, 1.807) is 0 Å². The first-order valence-electron chi connectivity index (χ1n) is 6.37. The van der Waals surface area contributed by atoms with Gasteiger partial charge in [0.25, 0.3) is 0 Å². The molecule has 1 unspecified atom stereocenters. The quantitative estimate of drug-likeness (QED) is 0.827. The normalized spacial score (nSPS) is 23.9. The van der Waals surface area contributed by atoms with Gasteiger partial charge in [-0.3, -0.25) is 0 Å². The highest BCUT2D eigenvalue weighted by Gasteiger charge is 2.34. The molecule has 2 N–H and O–H groups in total. The van der Waals surface area contributed by atoms with Crippen LogP contribution in [0.1, 0.15) is 49.3 Å². The second-order valence-corrected chi connectivity index (χ2v) is 5.49. The maximum atomic E-state index is 6.01. The van der Waals surface area contributed by atoms with Gasteiger partial charge in [0.15, 0.2) is 5.82 Å². The highest BCUT2D eigenvalue weighted by molar-refractivity contribution is 5.54. The van der Waals surface area contributed by atoms with Gasteiger partial charge in [-0.05, 0) is 25.8 Å². The third kappa shape index (κ3) is 1.66. The highest BCUT2D eigenvalue weighted by Crippen LogP contribution is 2.41. The number of nitrogens with zero attached hydrogens (tertiary/aromatic N) is 3. The maximum Gasteiger partial charge on any atom is 0.181 e. The Kier molecular flexibility index (Phi) is 2.50. The van der Waals surface area contributed by atoms with Crippen molar-refractivity contribution in [3.8, 4) is 0 Å². The molecular weight excluding hydrogens is 228 g/mol. The van der Waals surface area contributed by atoms with Crippen molar-refractivity contribution >= 4 is 5.82 Å². The molecule has 0 radical (unpaired) electrons. The molecule has 3 rings (SSSR count). The second-order valence-electron chi connectivity index (χ2n) is 5.49. The van der Waals surface area contributed by atoms with Crippen LogP contribution in [0.25, 0.3) is 0 Å². The van der Waals surface area contributed by atoms with E-state index < -0.39 is 0 Å². The number of aromatic nitrogens is 1. The van der Waals surface area contributed by atoms with Crippen molar-refractivity contribution in [1.29, 1.82) is 0 Å². The molecular formula is C13H18N4O. The summed E-state index contributed by atoms with van der Waals surface area (Å²) in [6.45, 7) is 6.91. The van der Waals surface area contributed by atoms with Gasteiger partial charge < -0.3 is 10.5 Å². The second kappa shape index (κ2) is 3.83. The van der Waals surface area contributed by atoms with Gasteiger partial charge in [0.1, 0.15) is 6.17 Å². The summed E-state index contributed by atoms with van der Waals surface area (Å²) in [6.07, 6.45) is 1.37. The van der Waals surface area contributed by atoms with Crippen LogP contribution in [0.3, 0.4) is 0 Å². The van der Waals surface area contributed by atoms with Gasteiger partial charge in [-0.25, -0.2) is 4.98 Å². The molecule has 0 fully saturated rings. The lowest BCUT2D eigenvalue weighted by Gasteiger charge is -2.34. The molecule has 0 aromatic carbocycles. The number of azo groups is 1. The minimum Gasteiger partial charge on any atom is -0.370 e. The average Bonchev–Trinajstić information content (AvgIpc) is 2.68. The first-order chi connectivity index (χ1) is 8.52. The number of hydrogen-bond acceptors (Lipinski definition) is 5. The number of rotatable bonds is 1. The summed E-state index contributed by atoms with van der Waals surface area (Å²) in [6, 6.07) is 0. The first kappa shape index (κ1) is 11.7. The molecule has 0 saturated carbocycles. The fourth-order valence-corrected chi connectivity index (χ4v) is 2.70. The van der Waals surface area contributed by atoms with Gasteiger partial charge in [0, 0.05) is 23.2 Å². The summed E-state index contributed by atoms with van der Waals surface area (Å²) in [4.78, 5) is 4.56. The largest absolute Gasteiger partial charge is 0.370 e. The molecule has 1 atom stereocenters. The van der Waals surface area contributed by atoms with Crippen LogP contribution in [0.5, 0.6) is 0 Å². The van der Waals surface area contributed by atoms with E-state index in [0.29, 0.717) is 12.4 Å². The smallest absolute Gasteiger partial charge is 0.181 e. The van der Waals surface area contributed by atoms with E-state index in [9.17, 15) is 0 Å². The fourth-order valence-electron chi connectivity index (χ4n) is 2.70. The lowest BCUT2D eigenvalue weighted by Crippen LogP contribution is -2.34. The number of fused-ring (bicyclic) bond motifs is 3. The van der Waals surface area contributed by atoms with Crippen molar-refractivity contribution in [2.75, 3.05) is 0 Å². The Balaban J connectivity index is 2.21. The molecule has 0 amide bonds. The number of hydrogen-bond donors (Lipinski definition) is 1. The molecule has 2 aliphatic heterocycles. The molecule has 2 aliphatic rings. The molecule has 0 aliphatic carbocycles. The molecule has 0 spiro atoms. The van der Waals surface area contributed by atoms with Gasteiger partial charge in [0.05, 0.1) is 12.2 Å². The third-order valence-corrected chi connectivity index (χ3v) is 3.64. The summed E-state index contributed by atoms with van der Waals surface area (Å²) in [5, 5.41) is 8.13. The van der Waals surface area contributed by atoms with Gasteiger partial charge in [0.2, 0.25) is 0 Å². The minimum atomic E-state index is -0.360. The van der Waals surface area contributed by atoms with Crippen LogP contribution >= 0.6 is 0 Å². The lowest BCUT2D eigenvalue weighted by molar-refractivity contribution is -0.0408. The average molecular weight is 246 g/mol. The van der Waals surface area contributed by atoms with E-state index in [1.807, 2.05) is 0 Å². The Bertz CT molecular complexity index is 536. The molecule has 0 saturated heterocycles. The Labute approximate surface area is 106 Å². The molecule has 5 nitrogen and oxygen atoms in total. The van der Waals surface area contributed by atoms with Crippen molar-refractivity contribution in [3.05, 3.63) is 22.4 Å². The lowest BCUT2D eigenvalue weighted by atomic mass is 9.87. The van der Waals surface area contributed by atoms with Gasteiger partial charge in [-0.15, -0.1) is 5.11 Å². The van der Waals surface area contributed by atoms with Crippen LogP contribution in [0.15, 0.2) is 10.2 Å². The SMILES string of the molecule is CCc1nc2c(c3c1COC(C)(C)C3)C(N)N=N2. The third-order valence-electron chi connectivity index (χ3n) is 3.64. The molecule has 0 bridgehead atoms. The Morgan fingerprint density at radius 2 is 2.17 bits per heavy atom. The topological polar surface area (TPSA) is 72.9 Å². The summed E-state index contributed by atoms with van der Waals surface area (Å²) >= 11 is 0. The van der Waals surface area contributed by atoms with E-state index in [-0.39, 0.29) is 11.8 Å². The maximum absolute atomic E-state index is 6.01. The predicted octanol–water partition coefficient (Wildman–Crippen LogP) is 2.55. The van der Waals surface area contributed by atoms with Gasteiger partial charge in [-0.2, -0.15) is 5.11 Å². The Hall–Kier alpha value is -1.33. The summed E-state index contributed by atoms with van der Waals surface area (Å²) in [7, 11) is 0. The van der Waals surface area contributed by atoms with E-state index >= 15 is 0 Å². The van der Waals surface area contributed by atoms with Crippen molar-refractivity contribution < 1.29 is 4.74 Å². The molecule has 96 valence electrons. The van der Waals surface area contributed by atoms with Crippen LogP contribution in [-0.4, -0.2) is 10.6 Å². The molecule has 18 heavy (non-hydrogen) atoms. The zero-order chi connectivity index (χ0) is 12.9. The van der Waals surface area contributed by atoms with Crippen LogP contribution in [0.2, 0.25) is 0 Å². The monoisotopic (exact) mass is 246 g/mol. The molecule has 1 aromatic rings. The number of nitrogens with two attached hydrogens (primary N) is 1. The van der Waals surface area contributed by atoms with E-state index in [1.165, 1.54) is 11.1 Å². The molecule has 5 heteroatoms.